The molecule has 1 N–H and O–H groups in total. The minimum absolute atomic E-state index is 0. The van der Waals surface area contributed by atoms with Crippen molar-refractivity contribution in [1.29, 1.82) is 0 Å². The van der Waals surface area contributed by atoms with Crippen LogP contribution in [0, 0.1) is 0 Å². The third-order valence-corrected chi connectivity index (χ3v) is 1.66. The van der Waals surface area contributed by atoms with Crippen molar-refractivity contribution in [2.45, 2.75) is 13.0 Å². The molecule has 0 amide bonds. The van der Waals surface area contributed by atoms with Gasteiger partial charge in [-0.15, -0.1) is 0 Å². The van der Waals surface area contributed by atoms with Crippen LogP contribution < -0.4 is 51.4 Å². The summed E-state index contributed by atoms with van der Waals surface area (Å²) in [6.45, 7) is 4.02. The number of rotatable bonds is 1. The number of nitrogens with zero attached hydrogens (tertiary/aromatic N) is 1. The summed E-state index contributed by atoms with van der Waals surface area (Å²) < 4.78 is 0. The summed E-state index contributed by atoms with van der Waals surface area (Å²) in [6.07, 6.45) is 0. The summed E-state index contributed by atoms with van der Waals surface area (Å²) in [5, 5.41) is 0. The Kier molecular flexibility index (Phi) is 5.59. The monoisotopic (exact) mass is 166 g/mol. The molecule has 1 heterocycles. The SMILES string of the molecule is CCN1CC(=O)C([NH-])C1.[K+]. The molecule has 1 fully saturated rings. The van der Waals surface area contributed by atoms with Crippen molar-refractivity contribution >= 4 is 5.78 Å². The Morgan fingerprint density at radius 3 is 2.60 bits per heavy atom. The molecule has 10 heavy (non-hydrogen) atoms. The zero-order valence-electron chi connectivity index (χ0n) is 6.55. The van der Waals surface area contributed by atoms with Gasteiger partial charge in [0.05, 0.1) is 6.54 Å². The molecule has 0 aromatic heterocycles. The number of carbonyl (C=O) groups excluding carboxylic acids is 1. The Hall–Kier alpha value is 1.23. The molecule has 1 saturated heterocycles. The van der Waals surface area contributed by atoms with Gasteiger partial charge in [-0.3, -0.25) is 9.69 Å². The summed E-state index contributed by atoms with van der Waals surface area (Å²) in [4.78, 5) is 12.7. The Morgan fingerprint density at radius 2 is 2.40 bits per heavy atom. The summed E-state index contributed by atoms with van der Waals surface area (Å²) in [6, 6.07) is -0.468. The van der Waals surface area contributed by atoms with Crippen LogP contribution in [0.5, 0.6) is 0 Å². The van der Waals surface area contributed by atoms with Crippen molar-refractivity contribution in [3.63, 3.8) is 0 Å². The first-order chi connectivity index (χ1) is 4.24. The molecule has 1 aliphatic heterocycles. The van der Waals surface area contributed by atoms with E-state index in [1.165, 1.54) is 0 Å². The number of likely N-dealkylation sites (N-methyl/N-ethyl adjacent to an activating group) is 1. The van der Waals surface area contributed by atoms with E-state index >= 15 is 0 Å². The Bertz CT molecular complexity index is 129. The second-order valence-electron chi connectivity index (χ2n) is 2.35. The molecule has 0 aromatic rings. The van der Waals surface area contributed by atoms with Gasteiger partial charge in [-0.05, 0) is 13.1 Å². The Labute approximate surface area is 104 Å². The second kappa shape index (κ2) is 4.98. The van der Waals surface area contributed by atoms with Gasteiger partial charge >= 0.3 is 51.4 Å². The molecule has 1 aliphatic rings. The second-order valence-corrected chi connectivity index (χ2v) is 2.35. The number of hydrogen-bond acceptors (Lipinski definition) is 2. The van der Waals surface area contributed by atoms with Crippen molar-refractivity contribution in [3.8, 4) is 0 Å². The largest absolute Gasteiger partial charge is 1.00 e. The van der Waals surface area contributed by atoms with E-state index in [0.717, 1.165) is 6.54 Å². The van der Waals surface area contributed by atoms with Gasteiger partial charge in [-0.25, -0.2) is 0 Å². The van der Waals surface area contributed by atoms with E-state index in [9.17, 15) is 4.79 Å². The van der Waals surface area contributed by atoms with Crippen LogP contribution in [0.3, 0.4) is 0 Å². The van der Waals surface area contributed by atoms with Gasteiger partial charge in [0, 0.05) is 0 Å². The molecular weight excluding hydrogens is 155 g/mol. The molecule has 3 nitrogen and oxygen atoms in total. The predicted molar refractivity (Wildman–Crippen MR) is 35.2 cm³/mol. The van der Waals surface area contributed by atoms with Crippen LogP contribution in [0.4, 0.5) is 0 Å². The summed E-state index contributed by atoms with van der Waals surface area (Å²) >= 11 is 0. The standard InChI is InChI=1S/C6H11N2O.K/c1-2-8-3-5(7)6(9)4-8;/h5,7H,2-4H2,1H3;/q-1;+1. The molecule has 1 atom stereocenters. The van der Waals surface area contributed by atoms with Crippen molar-refractivity contribution in [2.24, 2.45) is 0 Å². The average molecular weight is 166 g/mol. The third kappa shape index (κ3) is 2.69. The van der Waals surface area contributed by atoms with Crippen molar-refractivity contribution in [3.05, 3.63) is 5.73 Å². The maximum atomic E-state index is 10.7. The molecule has 52 valence electrons. The molecule has 1 rings (SSSR count). The van der Waals surface area contributed by atoms with E-state index in [-0.39, 0.29) is 57.2 Å². The van der Waals surface area contributed by atoms with Gasteiger partial charge in [-0.2, -0.15) is 0 Å². The molecule has 0 aliphatic carbocycles. The van der Waals surface area contributed by atoms with E-state index in [0.29, 0.717) is 13.1 Å². The quantitative estimate of drug-likeness (QED) is 0.398. The summed E-state index contributed by atoms with van der Waals surface area (Å²) in [7, 11) is 0. The minimum Gasteiger partial charge on any atom is -0.667 e. The fraction of sp³-hybridized carbons (Fsp3) is 0.833. The van der Waals surface area contributed by atoms with Crippen LogP contribution in [0.2, 0.25) is 0 Å². The number of Topliss-reactive ketones (excluding diaryl/α,β-unsaturated/α-hetero) is 1. The molecule has 0 bridgehead atoms. The first-order valence-corrected chi connectivity index (χ1v) is 3.20. The van der Waals surface area contributed by atoms with Crippen LogP contribution in [0.25, 0.3) is 5.73 Å². The molecule has 4 heteroatoms. The Balaban J connectivity index is 0.000000810. The zero-order chi connectivity index (χ0) is 6.85. The van der Waals surface area contributed by atoms with Crippen LogP contribution in [-0.2, 0) is 4.79 Å². The van der Waals surface area contributed by atoms with E-state index in [2.05, 4.69) is 0 Å². The molecule has 0 aromatic carbocycles. The van der Waals surface area contributed by atoms with Crippen molar-refractivity contribution < 1.29 is 56.2 Å². The van der Waals surface area contributed by atoms with Crippen molar-refractivity contribution in [1.82, 2.24) is 4.90 Å². The normalized spacial score (nSPS) is 26.6. The van der Waals surface area contributed by atoms with Gasteiger partial charge < -0.3 is 5.73 Å². The average Bonchev–Trinajstić information content (AvgIpc) is 2.13. The minimum atomic E-state index is -0.468. The van der Waals surface area contributed by atoms with E-state index in [1.807, 2.05) is 11.8 Å². The first-order valence-electron chi connectivity index (χ1n) is 3.20. The van der Waals surface area contributed by atoms with Crippen LogP contribution >= 0.6 is 0 Å². The van der Waals surface area contributed by atoms with Crippen molar-refractivity contribution in [2.75, 3.05) is 19.6 Å². The van der Waals surface area contributed by atoms with Gasteiger partial charge in [0.1, 0.15) is 5.78 Å². The van der Waals surface area contributed by atoms with E-state index in [1.54, 1.807) is 0 Å². The predicted octanol–water partition coefficient (Wildman–Crippen LogP) is -2.68. The molecule has 1 unspecified atom stereocenters. The van der Waals surface area contributed by atoms with Crippen LogP contribution in [0.1, 0.15) is 6.92 Å². The molecule has 0 radical (unpaired) electrons. The number of ketones is 1. The molecule has 0 spiro atoms. The van der Waals surface area contributed by atoms with Gasteiger partial charge in [0.15, 0.2) is 0 Å². The maximum Gasteiger partial charge on any atom is 1.00 e. The fourth-order valence-corrected chi connectivity index (χ4v) is 0.996. The number of nitrogens with one attached hydrogen (secondary N) is 1. The summed E-state index contributed by atoms with van der Waals surface area (Å²) in [5.74, 6) is 0.0665. The summed E-state index contributed by atoms with van der Waals surface area (Å²) in [5.41, 5.74) is 7.18. The number of carbonyl (C=O) groups is 1. The van der Waals surface area contributed by atoms with Gasteiger partial charge in [0.25, 0.3) is 0 Å². The van der Waals surface area contributed by atoms with Crippen LogP contribution in [-0.4, -0.2) is 36.4 Å². The molecular formula is C6H11KN2O. The Morgan fingerprint density at radius 1 is 1.80 bits per heavy atom. The van der Waals surface area contributed by atoms with Gasteiger partial charge in [-0.1, -0.05) is 13.0 Å². The number of likely N-dealkylation sites (tertiary alicyclic amines) is 1. The zero-order valence-corrected chi connectivity index (χ0v) is 9.68. The maximum absolute atomic E-state index is 10.7. The molecule has 0 saturated carbocycles. The van der Waals surface area contributed by atoms with Gasteiger partial charge in [0.2, 0.25) is 0 Å². The first kappa shape index (κ1) is 11.2. The smallest absolute Gasteiger partial charge is 0.667 e. The fourth-order valence-electron chi connectivity index (χ4n) is 0.996. The van der Waals surface area contributed by atoms with E-state index in [4.69, 9.17) is 5.73 Å². The van der Waals surface area contributed by atoms with Crippen LogP contribution in [0.15, 0.2) is 0 Å². The third-order valence-electron chi connectivity index (χ3n) is 1.66. The number of hydrogen-bond donors (Lipinski definition) is 0. The topological polar surface area (TPSA) is 44.1 Å². The van der Waals surface area contributed by atoms with E-state index < -0.39 is 6.04 Å².